The molecule has 2 aromatic carbocycles. The summed E-state index contributed by atoms with van der Waals surface area (Å²) >= 11 is 3.80. The predicted molar refractivity (Wildman–Crippen MR) is 97.4 cm³/mol. The first-order valence-electron chi connectivity index (χ1n) is 7.11. The molecule has 0 unspecified atom stereocenters. The highest BCUT2D eigenvalue weighted by Crippen LogP contribution is 2.41. The number of allylic oxidation sites excluding steroid dienone is 2. The van der Waals surface area contributed by atoms with Gasteiger partial charge in [-0.1, -0.05) is 36.4 Å². The third-order valence-corrected chi connectivity index (χ3v) is 6.35. The van der Waals surface area contributed by atoms with Crippen molar-refractivity contribution in [3.63, 3.8) is 0 Å². The first kappa shape index (κ1) is 11.7. The molecule has 0 saturated carbocycles. The van der Waals surface area contributed by atoms with Crippen LogP contribution in [0.5, 0.6) is 0 Å². The summed E-state index contributed by atoms with van der Waals surface area (Å²) in [5, 5.41) is 4.18. The number of rotatable bonds is 0. The highest BCUT2D eigenvalue weighted by atomic mass is 32.1. The van der Waals surface area contributed by atoms with Crippen LogP contribution in [0.25, 0.3) is 42.4 Å². The van der Waals surface area contributed by atoms with Crippen molar-refractivity contribution in [2.75, 3.05) is 0 Å². The van der Waals surface area contributed by atoms with Crippen molar-refractivity contribution in [2.24, 2.45) is 0 Å². The number of fused-ring (bicyclic) bond motifs is 6. The number of benzene rings is 2. The maximum absolute atomic E-state index is 2.38. The Bertz CT molecular complexity index is 1060. The highest BCUT2D eigenvalue weighted by Gasteiger charge is 2.12. The number of hydrogen-bond donors (Lipinski definition) is 0. The summed E-state index contributed by atoms with van der Waals surface area (Å²) in [7, 11) is 0. The van der Waals surface area contributed by atoms with Gasteiger partial charge in [0, 0.05) is 40.7 Å². The van der Waals surface area contributed by atoms with Gasteiger partial charge in [-0.15, -0.1) is 22.7 Å². The van der Waals surface area contributed by atoms with Gasteiger partial charge in [0.2, 0.25) is 0 Å². The lowest BCUT2D eigenvalue weighted by atomic mass is 10.1. The third-order valence-electron chi connectivity index (χ3n) is 4.08. The molecule has 2 heteroatoms. The molecule has 0 N–H and O–H groups in total. The molecule has 0 spiro atoms. The second-order valence-electron chi connectivity index (χ2n) is 5.36. The van der Waals surface area contributed by atoms with E-state index in [0.717, 1.165) is 6.42 Å². The third kappa shape index (κ3) is 1.66. The van der Waals surface area contributed by atoms with E-state index in [2.05, 4.69) is 60.7 Å². The molecular weight excluding hydrogens is 292 g/mol. The second kappa shape index (κ2) is 4.30. The fourth-order valence-corrected chi connectivity index (χ4v) is 5.36. The average Bonchev–Trinajstić information content (AvgIpc) is 2.93. The van der Waals surface area contributed by atoms with Gasteiger partial charge >= 0.3 is 0 Å². The van der Waals surface area contributed by atoms with Gasteiger partial charge in [-0.2, -0.15) is 0 Å². The Labute approximate surface area is 130 Å². The Kier molecular flexibility index (Phi) is 2.40. The van der Waals surface area contributed by atoms with Gasteiger partial charge in [0.25, 0.3) is 0 Å². The molecule has 1 aliphatic rings. The molecular formula is C19H12S2. The number of hydrogen-bond acceptors (Lipinski definition) is 2. The monoisotopic (exact) mass is 304 g/mol. The minimum absolute atomic E-state index is 1.04. The number of thiophene rings is 2. The quantitative estimate of drug-likeness (QED) is 0.339. The lowest BCUT2D eigenvalue weighted by Crippen LogP contribution is -1.71. The zero-order valence-electron chi connectivity index (χ0n) is 11.3. The summed E-state index contributed by atoms with van der Waals surface area (Å²) in [6.45, 7) is 0. The predicted octanol–water partition coefficient (Wildman–Crippen LogP) is 6.70. The highest BCUT2D eigenvalue weighted by molar-refractivity contribution is 7.26. The molecule has 2 aromatic heterocycles. The zero-order valence-corrected chi connectivity index (χ0v) is 12.9. The minimum atomic E-state index is 1.04. The van der Waals surface area contributed by atoms with E-state index in [1.54, 1.807) is 0 Å². The van der Waals surface area contributed by atoms with Crippen LogP contribution < -0.4 is 0 Å². The first-order chi connectivity index (χ1) is 10.4. The molecule has 2 heterocycles. The summed E-state index contributed by atoms with van der Waals surface area (Å²) in [6, 6.07) is 13.5. The lowest BCUT2D eigenvalue weighted by molar-refractivity contribution is 1.44. The van der Waals surface area contributed by atoms with Crippen LogP contribution in [-0.2, 0) is 0 Å². The Morgan fingerprint density at radius 2 is 1.52 bits per heavy atom. The molecule has 0 amide bonds. The first-order valence-corrected chi connectivity index (χ1v) is 8.74. The van der Waals surface area contributed by atoms with Gasteiger partial charge in [-0.05, 0) is 30.7 Å². The molecule has 0 fully saturated rings. The van der Waals surface area contributed by atoms with Crippen molar-refractivity contribution in [3.05, 3.63) is 59.0 Å². The summed E-state index contributed by atoms with van der Waals surface area (Å²) in [5.74, 6) is 0. The molecule has 4 aromatic rings. The largest absolute Gasteiger partial charge is 0.135 e. The summed E-state index contributed by atoms with van der Waals surface area (Å²) in [5.41, 5.74) is 1.39. The van der Waals surface area contributed by atoms with E-state index >= 15 is 0 Å². The van der Waals surface area contributed by atoms with Gasteiger partial charge in [-0.3, -0.25) is 0 Å². The van der Waals surface area contributed by atoms with Crippen molar-refractivity contribution >= 4 is 65.1 Å². The molecule has 0 aliphatic heterocycles. The standard InChI is InChI=1S/C19H12S2/c1-2-6-12-14-10-19-15(11-18(14)20-16(12)8-3-1)13-7-4-5-9-17(13)21-19/h2-11H,1H2. The Hall–Kier alpha value is -1.90. The van der Waals surface area contributed by atoms with E-state index in [1.165, 1.54) is 40.7 Å². The molecule has 0 bridgehead atoms. The van der Waals surface area contributed by atoms with Crippen LogP contribution in [0, 0.1) is 0 Å². The summed E-state index contributed by atoms with van der Waals surface area (Å²) < 4.78 is 4.17. The topological polar surface area (TPSA) is 0 Å². The molecule has 100 valence electrons. The fraction of sp³-hybridized carbons (Fsp3) is 0.0526. The van der Waals surface area contributed by atoms with E-state index in [0.29, 0.717) is 0 Å². The Morgan fingerprint density at radius 1 is 0.714 bits per heavy atom. The van der Waals surface area contributed by atoms with Crippen LogP contribution in [0.3, 0.4) is 0 Å². The molecule has 0 nitrogen and oxygen atoms in total. The van der Waals surface area contributed by atoms with Crippen LogP contribution in [-0.4, -0.2) is 0 Å². The second-order valence-corrected chi connectivity index (χ2v) is 7.53. The summed E-state index contributed by atoms with van der Waals surface area (Å²) in [6.07, 6.45) is 10.1. The van der Waals surface area contributed by atoms with Gasteiger partial charge in [0.05, 0.1) is 0 Å². The van der Waals surface area contributed by atoms with Gasteiger partial charge < -0.3 is 0 Å². The van der Waals surface area contributed by atoms with E-state index < -0.39 is 0 Å². The van der Waals surface area contributed by atoms with Crippen molar-refractivity contribution < 1.29 is 0 Å². The fourth-order valence-electron chi connectivity index (χ4n) is 3.09. The van der Waals surface area contributed by atoms with Crippen LogP contribution in [0.4, 0.5) is 0 Å². The van der Waals surface area contributed by atoms with Crippen LogP contribution in [0.15, 0.2) is 48.6 Å². The van der Waals surface area contributed by atoms with E-state index in [-0.39, 0.29) is 0 Å². The molecule has 5 rings (SSSR count). The molecule has 0 radical (unpaired) electrons. The smallest absolute Gasteiger partial charge is 0.0362 e. The van der Waals surface area contributed by atoms with Crippen molar-refractivity contribution in [1.29, 1.82) is 0 Å². The van der Waals surface area contributed by atoms with Crippen LogP contribution in [0.1, 0.15) is 16.9 Å². The van der Waals surface area contributed by atoms with Crippen LogP contribution >= 0.6 is 22.7 Å². The van der Waals surface area contributed by atoms with E-state index in [1.807, 2.05) is 22.7 Å². The molecule has 0 atom stereocenters. The van der Waals surface area contributed by atoms with Crippen molar-refractivity contribution in [1.82, 2.24) is 0 Å². The van der Waals surface area contributed by atoms with Gasteiger partial charge in [-0.25, -0.2) is 0 Å². The van der Waals surface area contributed by atoms with Crippen LogP contribution in [0.2, 0.25) is 0 Å². The lowest BCUT2D eigenvalue weighted by Gasteiger charge is -1.95. The molecule has 0 saturated heterocycles. The average molecular weight is 304 g/mol. The van der Waals surface area contributed by atoms with Crippen molar-refractivity contribution in [3.8, 4) is 0 Å². The van der Waals surface area contributed by atoms with E-state index in [9.17, 15) is 0 Å². The molecule has 21 heavy (non-hydrogen) atoms. The zero-order chi connectivity index (χ0) is 13.8. The normalized spacial score (nSPS) is 14.1. The Morgan fingerprint density at radius 3 is 2.52 bits per heavy atom. The minimum Gasteiger partial charge on any atom is -0.135 e. The van der Waals surface area contributed by atoms with Gasteiger partial charge in [0.15, 0.2) is 0 Å². The van der Waals surface area contributed by atoms with E-state index in [4.69, 9.17) is 0 Å². The maximum Gasteiger partial charge on any atom is 0.0362 e. The Balaban J connectivity index is 1.95. The summed E-state index contributed by atoms with van der Waals surface area (Å²) in [4.78, 5) is 1.39. The van der Waals surface area contributed by atoms with Crippen molar-refractivity contribution in [2.45, 2.75) is 6.42 Å². The van der Waals surface area contributed by atoms with Gasteiger partial charge in [0.1, 0.15) is 0 Å². The molecule has 1 aliphatic carbocycles. The maximum atomic E-state index is 2.38. The SMILES string of the molecule is C1=Cc2sc3cc4c(cc3c2C=CC1)sc1ccccc14.